The minimum Gasteiger partial charge on any atom is -0.320 e. The van der Waals surface area contributed by atoms with E-state index in [-0.39, 0.29) is 5.92 Å². The SMILES string of the molecule is CCc1cccc(CC)c1C(CCNC)Cc1cc(F)cc(F)c1. The Morgan fingerprint density at radius 3 is 2.04 bits per heavy atom. The lowest BCUT2D eigenvalue weighted by atomic mass is 9.82. The molecule has 0 heterocycles. The van der Waals surface area contributed by atoms with Crippen LogP contribution in [0.2, 0.25) is 0 Å². The first-order chi connectivity index (χ1) is 11.6. The molecule has 0 aromatic heterocycles. The van der Waals surface area contributed by atoms with Crippen LogP contribution in [-0.2, 0) is 19.3 Å². The summed E-state index contributed by atoms with van der Waals surface area (Å²) in [6.07, 6.45) is 3.53. The van der Waals surface area contributed by atoms with E-state index in [1.54, 1.807) is 0 Å². The Morgan fingerprint density at radius 1 is 0.958 bits per heavy atom. The molecule has 1 atom stereocenters. The van der Waals surface area contributed by atoms with Gasteiger partial charge in [-0.1, -0.05) is 32.0 Å². The van der Waals surface area contributed by atoms with Crippen molar-refractivity contribution in [3.05, 3.63) is 70.3 Å². The van der Waals surface area contributed by atoms with E-state index in [9.17, 15) is 8.78 Å². The zero-order valence-corrected chi connectivity index (χ0v) is 14.8. The van der Waals surface area contributed by atoms with E-state index in [0.717, 1.165) is 37.4 Å². The van der Waals surface area contributed by atoms with Crippen LogP contribution >= 0.6 is 0 Å². The predicted molar refractivity (Wildman–Crippen MR) is 96.5 cm³/mol. The third-order valence-electron chi connectivity index (χ3n) is 4.60. The van der Waals surface area contributed by atoms with Gasteiger partial charge in [0.05, 0.1) is 0 Å². The highest BCUT2D eigenvalue weighted by molar-refractivity contribution is 5.39. The van der Waals surface area contributed by atoms with E-state index in [0.29, 0.717) is 6.42 Å². The van der Waals surface area contributed by atoms with E-state index in [1.165, 1.54) is 28.8 Å². The molecule has 0 aliphatic carbocycles. The zero-order chi connectivity index (χ0) is 17.5. The number of benzene rings is 2. The van der Waals surface area contributed by atoms with E-state index >= 15 is 0 Å². The fraction of sp³-hybridized carbons (Fsp3) is 0.429. The lowest BCUT2D eigenvalue weighted by Crippen LogP contribution is -2.16. The van der Waals surface area contributed by atoms with Gasteiger partial charge in [0.15, 0.2) is 0 Å². The standard InChI is InChI=1S/C21H27F2N/c1-4-16-7-6-8-17(5-2)21(16)18(9-10-24-3)11-15-12-19(22)14-20(23)13-15/h6-8,12-14,18,24H,4-5,9-11H2,1-3H3. The molecule has 24 heavy (non-hydrogen) atoms. The van der Waals surface area contributed by atoms with E-state index < -0.39 is 11.6 Å². The van der Waals surface area contributed by atoms with Gasteiger partial charge in [-0.2, -0.15) is 0 Å². The van der Waals surface area contributed by atoms with Crippen molar-refractivity contribution in [2.75, 3.05) is 13.6 Å². The Bertz CT molecular complexity index is 624. The molecule has 0 radical (unpaired) electrons. The molecule has 1 unspecified atom stereocenters. The summed E-state index contributed by atoms with van der Waals surface area (Å²) in [6, 6.07) is 10.3. The summed E-state index contributed by atoms with van der Waals surface area (Å²) < 4.78 is 27.1. The smallest absolute Gasteiger partial charge is 0.126 e. The summed E-state index contributed by atoms with van der Waals surface area (Å²) in [4.78, 5) is 0. The molecule has 2 aromatic rings. The average molecular weight is 331 g/mol. The molecule has 0 aliphatic rings. The Morgan fingerprint density at radius 2 is 1.54 bits per heavy atom. The molecular formula is C21H27F2N. The van der Waals surface area contributed by atoms with Crippen molar-refractivity contribution in [1.82, 2.24) is 5.32 Å². The highest BCUT2D eigenvalue weighted by Crippen LogP contribution is 2.31. The first-order valence-electron chi connectivity index (χ1n) is 8.79. The molecule has 0 amide bonds. The Balaban J connectivity index is 2.41. The molecule has 2 rings (SSSR count). The molecule has 0 aliphatic heterocycles. The van der Waals surface area contributed by atoms with E-state index in [1.807, 2.05) is 7.05 Å². The van der Waals surface area contributed by atoms with Gasteiger partial charge >= 0.3 is 0 Å². The Labute approximate surface area is 144 Å². The molecule has 0 saturated heterocycles. The van der Waals surface area contributed by atoms with Crippen LogP contribution in [-0.4, -0.2) is 13.6 Å². The highest BCUT2D eigenvalue weighted by Gasteiger charge is 2.19. The molecule has 130 valence electrons. The van der Waals surface area contributed by atoms with Gasteiger partial charge in [-0.05, 0) is 79.6 Å². The molecule has 0 bridgehead atoms. The highest BCUT2D eigenvalue weighted by atomic mass is 19.1. The first-order valence-corrected chi connectivity index (χ1v) is 8.79. The minimum atomic E-state index is -0.503. The van der Waals surface area contributed by atoms with E-state index in [2.05, 4.69) is 37.4 Å². The van der Waals surface area contributed by atoms with Crippen molar-refractivity contribution in [2.45, 2.75) is 45.4 Å². The summed E-state index contributed by atoms with van der Waals surface area (Å²) in [5.41, 5.74) is 4.77. The summed E-state index contributed by atoms with van der Waals surface area (Å²) in [6.45, 7) is 5.20. The van der Waals surface area contributed by atoms with Gasteiger partial charge in [0, 0.05) is 6.07 Å². The molecule has 2 aromatic carbocycles. The van der Waals surface area contributed by atoms with Crippen LogP contribution in [0, 0.1) is 11.6 Å². The summed E-state index contributed by atoms with van der Waals surface area (Å²) in [5, 5.41) is 3.20. The number of rotatable bonds is 8. The first kappa shape index (κ1) is 18.6. The van der Waals surface area contributed by atoms with Crippen LogP contribution in [0.1, 0.15) is 48.4 Å². The third-order valence-corrected chi connectivity index (χ3v) is 4.60. The van der Waals surface area contributed by atoms with Crippen molar-refractivity contribution < 1.29 is 8.78 Å². The summed E-state index contributed by atoms with van der Waals surface area (Å²) in [7, 11) is 1.94. The maximum absolute atomic E-state index is 13.6. The van der Waals surface area contributed by atoms with Crippen LogP contribution < -0.4 is 5.32 Å². The Kier molecular flexibility index (Phi) is 6.92. The van der Waals surface area contributed by atoms with Gasteiger partial charge < -0.3 is 5.32 Å². The second-order valence-corrected chi connectivity index (χ2v) is 6.27. The number of hydrogen-bond donors (Lipinski definition) is 1. The van der Waals surface area contributed by atoms with Gasteiger partial charge in [0.25, 0.3) is 0 Å². The topological polar surface area (TPSA) is 12.0 Å². The van der Waals surface area contributed by atoms with Gasteiger partial charge in [-0.3, -0.25) is 0 Å². The zero-order valence-electron chi connectivity index (χ0n) is 14.8. The molecule has 0 saturated carbocycles. The van der Waals surface area contributed by atoms with Crippen LogP contribution in [0.15, 0.2) is 36.4 Å². The van der Waals surface area contributed by atoms with Crippen LogP contribution in [0.5, 0.6) is 0 Å². The van der Waals surface area contributed by atoms with Crippen molar-refractivity contribution in [2.24, 2.45) is 0 Å². The third kappa shape index (κ3) is 4.64. The second-order valence-electron chi connectivity index (χ2n) is 6.27. The van der Waals surface area contributed by atoms with Gasteiger partial charge in [0.1, 0.15) is 11.6 Å². The van der Waals surface area contributed by atoms with Crippen molar-refractivity contribution in [3.8, 4) is 0 Å². The maximum atomic E-state index is 13.6. The fourth-order valence-corrected chi connectivity index (χ4v) is 3.49. The molecule has 1 nitrogen and oxygen atoms in total. The number of hydrogen-bond acceptors (Lipinski definition) is 1. The predicted octanol–water partition coefficient (Wildman–Crippen LogP) is 5.03. The summed E-state index contributed by atoms with van der Waals surface area (Å²) >= 11 is 0. The van der Waals surface area contributed by atoms with Crippen LogP contribution in [0.25, 0.3) is 0 Å². The van der Waals surface area contributed by atoms with Crippen molar-refractivity contribution in [1.29, 1.82) is 0 Å². The molecule has 0 fully saturated rings. The van der Waals surface area contributed by atoms with E-state index in [4.69, 9.17) is 0 Å². The normalized spacial score (nSPS) is 12.4. The van der Waals surface area contributed by atoms with Gasteiger partial charge in [0.2, 0.25) is 0 Å². The summed E-state index contributed by atoms with van der Waals surface area (Å²) in [5.74, 6) is -0.751. The van der Waals surface area contributed by atoms with Crippen LogP contribution in [0.4, 0.5) is 8.78 Å². The van der Waals surface area contributed by atoms with Crippen molar-refractivity contribution in [3.63, 3.8) is 0 Å². The van der Waals surface area contributed by atoms with Gasteiger partial charge in [-0.15, -0.1) is 0 Å². The van der Waals surface area contributed by atoms with Crippen molar-refractivity contribution >= 4 is 0 Å². The lowest BCUT2D eigenvalue weighted by Gasteiger charge is -2.24. The molecule has 1 N–H and O–H groups in total. The van der Waals surface area contributed by atoms with Crippen LogP contribution in [0.3, 0.4) is 0 Å². The van der Waals surface area contributed by atoms with Gasteiger partial charge in [-0.25, -0.2) is 8.78 Å². The number of halogens is 2. The molecular weight excluding hydrogens is 304 g/mol. The quantitative estimate of drug-likeness (QED) is 0.716. The fourth-order valence-electron chi connectivity index (χ4n) is 3.49. The second kappa shape index (κ2) is 8.93. The minimum absolute atomic E-state index is 0.254. The number of aryl methyl sites for hydroxylation is 2. The average Bonchev–Trinajstić information content (AvgIpc) is 2.57. The Hall–Kier alpha value is -1.74. The lowest BCUT2D eigenvalue weighted by molar-refractivity contribution is 0.561. The maximum Gasteiger partial charge on any atom is 0.126 e. The molecule has 3 heteroatoms. The largest absolute Gasteiger partial charge is 0.320 e. The monoisotopic (exact) mass is 331 g/mol. The number of nitrogens with one attached hydrogen (secondary N) is 1. The molecule has 0 spiro atoms.